The first-order valence-corrected chi connectivity index (χ1v) is 7.32. The van der Waals surface area contributed by atoms with Crippen LogP contribution in [-0.2, 0) is 6.54 Å². The van der Waals surface area contributed by atoms with E-state index in [9.17, 15) is 9.59 Å². The second-order valence-corrected chi connectivity index (χ2v) is 5.18. The van der Waals surface area contributed by atoms with Gasteiger partial charge in [0.2, 0.25) is 5.43 Å². The summed E-state index contributed by atoms with van der Waals surface area (Å²) >= 11 is 0. The van der Waals surface area contributed by atoms with Crippen molar-refractivity contribution in [3.8, 4) is 0 Å². The number of hydrogen-bond donors (Lipinski definition) is 1. The molecule has 23 heavy (non-hydrogen) atoms. The van der Waals surface area contributed by atoms with E-state index in [0.717, 1.165) is 5.69 Å². The van der Waals surface area contributed by atoms with Gasteiger partial charge in [0.25, 0.3) is 5.91 Å². The summed E-state index contributed by atoms with van der Waals surface area (Å²) in [5.41, 5.74) is 1.73. The normalized spacial score (nSPS) is 10.7. The number of aromatic nitrogens is 3. The Balaban J connectivity index is 2.11. The maximum atomic E-state index is 12.6. The van der Waals surface area contributed by atoms with Crippen molar-refractivity contribution in [1.29, 1.82) is 0 Å². The fraction of sp³-hybridized carbons (Fsp3) is 0.176. The summed E-state index contributed by atoms with van der Waals surface area (Å²) in [5.74, 6) is -0.451. The number of rotatable bonds is 3. The molecule has 0 aromatic carbocycles. The van der Waals surface area contributed by atoms with Gasteiger partial charge in [0.1, 0.15) is 11.2 Å². The molecule has 3 heterocycles. The number of carbonyl (C=O) groups excluding carboxylic acids is 1. The molecule has 0 radical (unpaired) electrons. The number of aryl methyl sites for hydroxylation is 2. The minimum atomic E-state index is -0.451. The van der Waals surface area contributed by atoms with Crippen molar-refractivity contribution in [2.24, 2.45) is 0 Å². The zero-order valence-electron chi connectivity index (χ0n) is 12.9. The summed E-state index contributed by atoms with van der Waals surface area (Å²) in [5, 5.41) is 3.13. The van der Waals surface area contributed by atoms with Crippen molar-refractivity contribution < 1.29 is 4.79 Å². The molecule has 6 nitrogen and oxygen atoms in total. The molecule has 0 bridgehead atoms. The SMILES string of the molecule is CCn1cc(C(=O)Nc2cccnc2)c(=O)c2ccc(C)nc21. The molecule has 6 heteroatoms. The minimum absolute atomic E-state index is 0.0915. The maximum Gasteiger partial charge on any atom is 0.261 e. The average molecular weight is 308 g/mol. The number of hydrogen-bond acceptors (Lipinski definition) is 4. The average Bonchev–Trinajstić information content (AvgIpc) is 2.56. The van der Waals surface area contributed by atoms with Crippen LogP contribution < -0.4 is 10.7 Å². The summed E-state index contributed by atoms with van der Waals surface area (Å²) < 4.78 is 1.81. The van der Waals surface area contributed by atoms with Gasteiger partial charge < -0.3 is 9.88 Å². The Morgan fingerprint density at radius 2 is 2.13 bits per heavy atom. The predicted octanol–water partition coefficient (Wildman–Crippen LogP) is 2.37. The molecule has 0 spiro atoms. The summed E-state index contributed by atoms with van der Waals surface area (Å²) in [6.07, 6.45) is 4.70. The molecular formula is C17H16N4O2. The molecule has 0 saturated heterocycles. The monoisotopic (exact) mass is 308 g/mol. The van der Waals surface area contributed by atoms with E-state index in [2.05, 4.69) is 15.3 Å². The number of pyridine rings is 3. The Kier molecular flexibility index (Phi) is 3.89. The second-order valence-electron chi connectivity index (χ2n) is 5.18. The molecule has 0 aliphatic rings. The standard InChI is InChI=1S/C17H16N4O2/c1-3-21-10-14(17(23)20-12-5-4-8-18-9-12)15(22)13-7-6-11(2)19-16(13)21/h4-10H,3H2,1-2H3,(H,20,23). The fourth-order valence-corrected chi connectivity index (χ4v) is 2.40. The van der Waals surface area contributed by atoms with Crippen LogP contribution in [0.2, 0.25) is 0 Å². The number of anilines is 1. The van der Waals surface area contributed by atoms with Gasteiger partial charge in [0.05, 0.1) is 17.3 Å². The van der Waals surface area contributed by atoms with E-state index >= 15 is 0 Å². The highest BCUT2D eigenvalue weighted by Crippen LogP contribution is 2.12. The van der Waals surface area contributed by atoms with Crippen molar-refractivity contribution in [2.75, 3.05) is 5.32 Å². The molecular weight excluding hydrogens is 292 g/mol. The van der Waals surface area contributed by atoms with Crippen molar-refractivity contribution >= 4 is 22.6 Å². The smallest absolute Gasteiger partial charge is 0.261 e. The van der Waals surface area contributed by atoms with E-state index < -0.39 is 5.91 Å². The molecule has 1 N–H and O–H groups in total. The van der Waals surface area contributed by atoms with E-state index in [1.54, 1.807) is 36.7 Å². The minimum Gasteiger partial charge on any atom is -0.332 e. The van der Waals surface area contributed by atoms with E-state index in [1.807, 2.05) is 18.4 Å². The first-order valence-electron chi connectivity index (χ1n) is 7.32. The summed E-state index contributed by atoms with van der Waals surface area (Å²) in [6, 6.07) is 6.92. The molecule has 116 valence electrons. The highest BCUT2D eigenvalue weighted by Gasteiger charge is 2.16. The Bertz CT molecular complexity index is 932. The van der Waals surface area contributed by atoms with Crippen LogP contribution in [0.1, 0.15) is 23.0 Å². The number of nitrogens with one attached hydrogen (secondary N) is 1. The Hall–Kier alpha value is -3.02. The third kappa shape index (κ3) is 2.83. The molecule has 0 atom stereocenters. The molecule has 3 aromatic heterocycles. The van der Waals surface area contributed by atoms with Crippen LogP contribution in [0.25, 0.3) is 11.0 Å². The van der Waals surface area contributed by atoms with Gasteiger partial charge in [-0.1, -0.05) is 0 Å². The van der Waals surface area contributed by atoms with Crippen LogP contribution in [0.3, 0.4) is 0 Å². The van der Waals surface area contributed by atoms with Gasteiger partial charge >= 0.3 is 0 Å². The van der Waals surface area contributed by atoms with Gasteiger partial charge in [-0.25, -0.2) is 4.98 Å². The lowest BCUT2D eigenvalue weighted by atomic mass is 10.1. The Labute approximate surface area is 132 Å². The van der Waals surface area contributed by atoms with E-state index in [4.69, 9.17) is 0 Å². The molecule has 0 aliphatic heterocycles. The third-order valence-corrected chi connectivity index (χ3v) is 3.57. The Morgan fingerprint density at radius 1 is 1.30 bits per heavy atom. The first kappa shape index (κ1) is 14.9. The van der Waals surface area contributed by atoms with Crippen LogP contribution in [0.15, 0.2) is 47.7 Å². The molecule has 3 aromatic rings. The van der Waals surface area contributed by atoms with Gasteiger partial charge in [-0.15, -0.1) is 0 Å². The number of fused-ring (bicyclic) bond motifs is 1. The molecule has 0 saturated carbocycles. The van der Waals surface area contributed by atoms with Gasteiger partial charge in [0, 0.05) is 24.6 Å². The summed E-state index contributed by atoms with van der Waals surface area (Å²) in [6.45, 7) is 4.42. The van der Waals surface area contributed by atoms with Crippen LogP contribution in [0.4, 0.5) is 5.69 Å². The summed E-state index contributed by atoms with van der Waals surface area (Å²) in [4.78, 5) is 33.4. The largest absolute Gasteiger partial charge is 0.332 e. The fourth-order valence-electron chi connectivity index (χ4n) is 2.40. The van der Waals surface area contributed by atoms with Crippen molar-refractivity contribution in [2.45, 2.75) is 20.4 Å². The van der Waals surface area contributed by atoms with E-state index in [-0.39, 0.29) is 11.0 Å². The maximum absolute atomic E-state index is 12.6. The highest BCUT2D eigenvalue weighted by atomic mass is 16.2. The molecule has 1 amide bonds. The van der Waals surface area contributed by atoms with Crippen molar-refractivity contribution in [3.63, 3.8) is 0 Å². The zero-order valence-corrected chi connectivity index (χ0v) is 12.9. The Morgan fingerprint density at radius 3 is 2.83 bits per heavy atom. The molecule has 0 unspecified atom stereocenters. The van der Waals surface area contributed by atoms with E-state index in [0.29, 0.717) is 23.3 Å². The van der Waals surface area contributed by atoms with E-state index in [1.165, 1.54) is 6.20 Å². The quantitative estimate of drug-likeness (QED) is 0.806. The molecule has 0 aliphatic carbocycles. The predicted molar refractivity (Wildman–Crippen MR) is 88.6 cm³/mol. The number of carbonyl (C=O) groups is 1. The highest BCUT2D eigenvalue weighted by molar-refractivity contribution is 6.05. The lowest BCUT2D eigenvalue weighted by Gasteiger charge is -2.11. The second kappa shape index (κ2) is 6.00. The first-order chi connectivity index (χ1) is 11.1. The van der Waals surface area contributed by atoms with Crippen LogP contribution in [-0.4, -0.2) is 20.4 Å². The van der Waals surface area contributed by atoms with Crippen LogP contribution >= 0.6 is 0 Å². The molecule has 0 fully saturated rings. The number of amides is 1. The van der Waals surface area contributed by atoms with Crippen molar-refractivity contribution in [1.82, 2.24) is 14.5 Å². The van der Waals surface area contributed by atoms with Gasteiger partial charge in [-0.05, 0) is 38.1 Å². The molecule has 3 rings (SSSR count). The topological polar surface area (TPSA) is 76.9 Å². The zero-order chi connectivity index (χ0) is 16.4. The lowest BCUT2D eigenvalue weighted by Crippen LogP contribution is -2.24. The lowest BCUT2D eigenvalue weighted by molar-refractivity contribution is 0.102. The van der Waals surface area contributed by atoms with Gasteiger partial charge in [-0.3, -0.25) is 14.6 Å². The van der Waals surface area contributed by atoms with Crippen LogP contribution in [0, 0.1) is 6.92 Å². The van der Waals surface area contributed by atoms with Gasteiger partial charge in [0.15, 0.2) is 0 Å². The van der Waals surface area contributed by atoms with Crippen molar-refractivity contribution in [3.05, 3.63) is 64.3 Å². The third-order valence-electron chi connectivity index (χ3n) is 3.57. The van der Waals surface area contributed by atoms with Gasteiger partial charge in [-0.2, -0.15) is 0 Å². The number of nitrogens with zero attached hydrogens (tertiary/aromatic N) is 3. The van der Waals surface area contributed by atoms with Crippen LogP contribution in [0.5, 0.6) is 0 Å². The summed E-state index contributed by atoms with van der Waals surface area (Å²) in [7, 11) is 0.